The number of rotatable bonds is 0. The monoisotopic (exact) mass is 218 g/mol. The fourth-order valence-corrected chi connectivity index (χ4v) is 2.85. The first-order valence-electron chi connectivity index (χ1n) is 4.95. The summed E-state index contributed by atoms with van der Waals surface area (Å²) in [5, 5.41) is 0. The van der Waals surface area contributed by atoms with E-state index >= 15 is 0 Å². The zero-order chi connectivity index (χ0) is 11.2. The third-order valence-corrected chi connectivity index (χ3v) is 4.08. The molecule has 0 N–H and O–H groups in total. The smallest absolute Gasteiger partial charge is 0.190 e. The molecular formula is C13H14OS. The molecule has 0 aliphatic carbocycles. The summed E-state index contributed by atoms with van der Waals surface area (Å²) in [5.41, 5.74) is 2.63. The Bertz CT molecular complexity index is 458. The van der Waals surface area contributed by atoms with Crippen molar-refractivity contribution < 1.29 is 4.79 Å². The Balaban J connectivity index is 2.60. The second-order valence-electron chi connectivity index (χ2n) is 4.42. The molecule has 1 aromatic rings. The van der Waals surface area contributed by atoms with Crippen LogP contribution in [0.2, 0.25) is 0 Å². The Labute approximate surface area is 94.6 Å². The highest BCUT2D eigenvalue weighted by atomic mass is 32.2. The fraction of sp³-hybridized carbons (Fsp3) is 0.308. The first kappa shape index (κ1) is 10.5. The van der Waals surface area contributed by atoms with Crippen LogP contribution in [0, 0.1) is 6.92 Å². The molecule has 0 bridgehead atoms. The third-order valence-electron chi connectivity index (χ3n) is 2.75. The van der Waals surface area contributed by atoms with E-state index in [2.05, 4.69) is 6.58 Å². The highest BCUT2D eigenvalue weighted by Gasteiger charge is 2.35. The van der Waals surface area contributed by atoms with E-state index < -0.39 is 0 Å². The molecule has 0 fully saturated rings. The van der Waals surface area contributed by atoms with Crippen LogP contribution >= 0.6 is 11.8 Å². The van der Waals surface area contributed by atoms with Gasteiger partial charge in [-0.2, -0.15) is 0 Å². The molecule has 0 saturated heterocycles. The Morgan fingerprint density at radius 2 is 2.00 bits per heavy atom. The van der Waals surface area contributed by atoms with Gasteiger partial charge in [0.2, 0.25) is 0 Å². The maximum atomic E-state index is 12.1. The molecule has 0 aromatic heterocycles. The number of carbonyl (C=O) groups excluding carboxylic acids is 1. The van der Waals surface area contributed by atoms with Crippen LogP contribution in [-0.4, -0.2) is 10.5 Å². The van der Waals surface area contributed by atoms with E-state index in [4.69, 9.17) is 0 Å². The highest BCUT2D eigenvalue weighted by Crippen LogP contribution is 2.45. The molecule has 0 spiro atoms. The summed E-state index contributed by atoms with van der Waals surface area (Å²) in [7, 11) is 0. The van der Waals surface area contributed by atoms with Crippen molar-refractivity contribution in [1.29, 1.82) is 0 Å². The normalized spacial score (nSPS) is 18.9. The summed E-state index contributed by atoms with van der Waals surface area (Å²) in [4.78, 5) is 13.1. The van der Waals surface area contributed by atoms with E-state index in [1.165, 1.54) is 0 Å². The van der Waals surface area contributed by atoms with Crippen molar-refractivity contribution in [2.75, 3.05) is 0 Å². The molecule has 1 heterocycles. The van der Waals surface area contributed by atoms with E-state index in [0.29, 0.717) is 5.57 Å². The number of carbonyl (C=O) groups is 1. The first-order valence-corrected chi connectivity index (χ1v) is 5.77. The Hall–Kier alpha value is -1.02. The van der Waals surface area contributed by atoms with Crippen LogP contribution < -0.4 is 0 Å². The molecule has 1 nitrogen and oxygen atoms in total. The van der Waals surface area contributed by atoms with Crippen LogP contribution in [0.1, 0.15) is 29.8 Å². The molecule has 2 rings (SSSR count). The quantitative estimate of drug-likeness (QED) is 0.619. The molecule has 78 valence electrons. The van der Waals surface area contributed by atoms with E-state index in [1.807, 2.05) is 39.0 Å². The number of hydrogen-bond donors (Lipinski definition) is 0. The first-order chi connectivity index (χ1) is 6.92. The second-order valence-corrected chi connectivity index (χ2v) is 6.08. The average molecular weight is 218 g/mol. The zero-order valence-corrected chi connectivity index (χ0v) is 10.1. The molecule has 0 amide bonds. The van der Waals surface area contributed by atoms with E-state index in [-0.39, 0.29) is 10.5 Å². The minimum absolute atomic E-state index is 0.0949. The molecule has 15 heavy (non-hydrogen) atoms. The predicted octanol–water partition coefficient (Wildman–Crippen LogP) is 3.62. The summed E-state index contributed by atoms with van der Waals surface area (Å²) in [6, 6.07) is 6.02. The van der Waals surface area contributed by atoms with Gasteiger partial charge in [0.1, 0.15) is 0 Å². The van der Waals surface area contributed by atoms with Crippen molar-refractivity contribution in [3.05, 3.63) is 41.5 Å². The lowest BCUT2D eigenvalue weighted by Gasteiger charge is -2.31. The van der Waals surface area contributed by atoms with Crippen molar-refractivity contribution in [2.45, 2.75) is 30.4 Å². The van der Waals surface area contributed by atoms with Crippen LogP contribution in [0.5, 0.6) is 0 Å². The van der Waals surface area contributed by atoms with Gasteiger partial charge < -0.3 is 0 Å². The lowest BCUT2D eigenvalue weighted by molar-refractivity contribution is 0.102. The van der Waals surface area contributed by atoms with Crippen LogP contribution in [0.25, 0.3) is 0 Å². The average Bonchev–Trinajstić information content (AvgIpc) is 2.16. The topological polar surface area (TPSA) is 17.1 Å². The van der Waals surface area contributed by atoms with Crippen molar-refractivity contribution in [1.82, 2.24) is 0 Å². The molecule has 0 atom stereocenters. The minimum Gasteiger partial charge on any atom is -0.289 e. The minimum atomic E-state index is -0.181. The van der Waals surface area contributed by atoms with E-state index in [9.17, 15) is 4.79 Å². The largest absolute Gasteiger partial charge is 0.289 e. The van der Waals surface area contributed by atoms with Gasteiger partial charge in [-0.25, -0.2) is 0 Å². The second kappa shape index (κ2) is 3.24. The number of benzene rings is 1. The Kier molecular flexibility index (Phi) is 2.27. The van der Waals surface area contributed by atoms with Crippen LogP contribution in [0.15, 0.2) is 35.2 Å². The third kappa shape index (κ3) is 1.63. The lowest BCUT2D eigenvalue weighted by Crippen LogP contribution is -2.28. The molecule has 1 aliphatic rings. The number of Topliss-reactive ketones (excluding diaryl/α,β-unsaturated/α-hetero) is 1. The van der Waals surface area contributed by atoms with Gasteiger partial charge in [-0.3, -0.25) is 4.79 Å². The van der Waals surface area contributed by atoms with Crippen molar-refractivity contribution >= 4 is 17.5 Å². The van der Waals surface area contributed by atoms with Crippen LogP contribution in [0.4, 0.5) is 0 Å². The lowest BCUT2D eigenvalue weighted by atomic mass is 9.93. The van der Waals surface area contributed by atoms with Gasteiger partial charge in [-0.05, 0) is 32.9 Å². The summed E-state index contributed by atoms with van der Waals surface area (Å²) >= 11 is 1.71. The number of thioether (sulfide) groups is 1. The van der Waals surface area contributed by atoms with Gasteiger partial charge in [-0.15, -0.1) is 11.8 Å². The van der Waals surface area contributed by atoms with Crippen LogP contribution in [-0.2, 0) is 0 Å². The number of aryl methyl sites for hydroxylation is 1. The molecule has 1 aromatic carbocycles. The number of fused-ring (bicyclic) bond motifs is 1. The van der Waals surface area contributed by atoms with E-state index in [1.54, 1.807) is 11.8 Å². The summed E-state index contributed by atoms with van der Waals surface area (Å²) in [6.45, 7) is 9.99. The van der Waals surface area contributed by atoms with Crippen molar-refractivity contribution in [2.24, 2.45) is 0 Å². The van der Waals surface area contributed by atoms with Gasteiger partial charge in [0.15, 0.2) is 5.78 Å². The van der Waals surface area contributed by atoms with Gasteiger partial charge in [0.25, 0.3) is 0 Å². The number of ketones is 1. The van der Waals surface area contributed by atoms with Crippen LogP contribution in [0.3, 0.4) is 0 Å². The molecule has 2 heteroatoms. The summed E-state index contributed by atoms with van der Waals surface area (Å²) in [5.74, 6) is 0.0949. The highest BCUT2D eigenvalue weighted by molar-refractivity contribution is 8.01. The Morgan fingerprint density at radius 3 is 2.67 bits per heavy atom. The fourth-order valence-electron chi connectivity index (χ4n) is 1.68. The van der Waals surface area contributed by atoms with Gasteiger partial charge in [0, 0.05) is 20.8 Å². The van der Waals surface area contributed by atoms with Crippen molar-refractivity contribution in [3.8, 4) is 0 Å². The van der Waals surface area contributed by atoms with Crippen molar-refractivity contribution in [3.63, 3.8) is 0 Å². The predicted molar refractivity (Wildman–Crippen MR) is 64.6 cm³/mol. The molecule has 1 aliphatic heterocycles. The summed E-state index contributed by atoms with van der Waals surface area (Å²) < 4.78 is -0.181. The SMILES string of the molecule is C=C1C(=O)c2cc(C)ccc2SC1(C)C. The number of hydrogen-bond acceptors (Lipinski definition) is 2. The molecular weight excluding hydrogens is 204 g/mol. The summed E-state index contributed by atoms with van der Waals surface area (Å²) in [6.07, 6.45) is 0. The maximum Gasteiger partial charge on any atom is 0.190 e. The maximum absolute atomic E-state index is 12.1. The standard InChI is InChI=1S/C13H14OS/c1-8-5-6-11-10(7-8)12(14)9(2)13(3,4)15-11/h5-7H,2H2,1,3-4H3. The van der Waals surface area contributed by atoms with Gasteiger partial charge in [-0.1, -0.05) is 18.2 Å². The zero-order valence-electron chi connectivity index (χ0n) is 9.26. The van der Waals surface area contributed by atoms with E-state index in [0.717, 1.165) is 16.0 Å². The van der Waals surface area contributed by atoms with Gasteiger partial charge in [0.05, 0.1) is 0 Å². The Morgan fingerprint density at radius 1 is 1.33 bits per heavy atom. The molecule has 0 radical (unpaired) electrons. The molecule has 0 unspecified atom stereocenters. The van der Waals surface area contributed by atoms with Gasteiger partial charge >= 0.3 is 0 Å². The molecule has 0 saturated carbocycles.